The van der Waals surface area contributed by atoms with Gasteiger partial charge in [0, 0.05) is 12.2 Å². The second kappa shape index (κ2) is 9.54. The highest BCUT2D eigenvalue weighted by molar-refractivity contribution is 5.92. The molecule has 0 spiro atoms. The molecular formula is C22H24N4O3. The Morgan fingerprint density at radius 2 is 1.66 bits per heavy atom. The first-order valence-corrected chi connectivity index (χ1v) is 9.30. The first kappa shape index (κ1) is 20.1. The lowest BCUT2D eigenvalue weighted by Gasteiger charge is -2.11. The molecule has 0 saturated carbocycles. The van der Waals surface area contributed by atoms with E-state index in [1.165, 1.54) is 12.4 Å². The summed E-state index contributed by atoms with van der Waals surface area (Å²) in [4.78, 5) is 20.7. The van der Waals surface area contributed by atoms with E-state index >= 15 is 0 Å². The minimum atomic E-state index is -0.282. The van der Waals surface area contributed by atoms with Gasteiger partial charge in [0.25, 0.3) is 5.91 Å². The molecular weight excluding hydrogens is 368 g/mol. The van der Waals surface area contributed by atoms with Gasteiger partial charge < -0.3 is 20.1 Å². The quantitative estimate of drug-likeness (QED) is 0.604. The number of hydrogen-bond acceptors (Lipinski definition) is 6. The number of rotatable bonds is 8. The van der Waals surface area contributed by atoms with Gasteiger partial charge in [0.05, 0.1) is 25.6 Å². The zero-order valence-electron chi connectivity index (χ0n) is 16.7. The predicted octanol–water partition coefficient (Wildman–Crippen LogP) is 3.95. The fourth-order valence-corrected chi connectivity index (χ4v) is 2.56. The summed E-state index contributed by atoms with van der Waals surface area (Å²) in [5.74, 6) is 1.85. The first-order valence-electron chi connectivity index (χ1n) is 9.30. The van der Waals surface area contributed by atoms with Crippen molar-refractivity contribution in [3.63, 3.8) is 0 Å². The van der Waals surface area contributed by atoms with E-state index in [9.17, 15) is 4.79 Å². The zero-order valence-corrected chi connectivity index (χ0v) is 16.7. The van der Waals surface area contributed by atoms with Crippen LogP contribution in [0.2, 0.25) is 0 Å². The van der Waals surface area contributed by atoms with Crippen molar-refractivity contribution in [2.45, 2.75) is 26.5 Å². The van der Waals surface area contributed by atoms with Gasteiger partial charge in [-0.25, -0.2) is 9.97 Å². The number of nitrogens with one attached hydrogen (secondary N) is 2. The molecule has 1 amide bonds. The molecule has 3 aromatic rings. The molecule has 7 nitrogen and oxygen atoms in total. The van der Waals surface area contributed by atoms with Crippen molar-refractivity contribution in [3.05, 3.63) is 72.2 Å². The van der Waals surface area contributed by atoms with Gasteiger partial charge in [-0.1, -0.05) is 12.1 Å². The van der Waals surface area contributed by atoms with Gasteiger partial charge >= 0.3 is 0 Å². The minimum Gasteiger partial charge on any atom is -0.497 e. The Morgan fingerprint density at radius 1 is 0.966 bits per heavy atom. The molecule has 2 aromatic carbocycles. The van der Waals surface area contributed by atoms with Crippen LogP contribution < -0.4 is 20.1 Å². The van der Waals surface area contributed by atoms with Gasteiger partial charge in [-0.05, 0) is 55.8 Å². The van der Waals surface area contributed by atoms with E-state index in [0.29, 0.717) is 12.4 Å². The van der Waals surface area contributed by atoms with E-state index in [2.05, 4.69) is 20.6 Å². The average Bonchev–Trinajstić information content (AvgIpc) is 2.74. The Labute approximate surface area is 170 Å². The number of aromatic nitrogens is 2. The van der Waals surface area contributed by atoms with Crippen LogP contribution in [0.1, 0.15) is 29.9 Å². The summed E-state index contributed by atoms with van der Waals surface area (Å²) < 4.78 is 10.7. The minimum absolute atomic E-state index is 0.128. The normalized spacial score (nSPS) is 10.5. The molecule has 2 N–H and O–H groups in total. The number of benzene rings is 2. The van der Waals surface area contributed by atoms with Gasteiger partial charge in [0.1, 0.15) is 23.0 Å². The number of nitrogens with zero attached hydrogens (tertiary/aromatic N) is 2. The van der Waals surface area contributed by atoms with E-state index in [1.54, 1.807) is 7.11 Å². The maximum atomic E-state index is 12.3. The molecule has 0 fully saturated rings. The van der Waals surface area contributed by atoms with Gasteiger partial charge in [-0.15, -0.1) is 0 Å². The van der Waals surface area contributed by atoms with Crippen LogP contribution in [0.4, 0.5) is 11.5 Å². The van der Waals surface area contributed by atoms with E-state index < -0.39 is 0 Å². The largest absolute Gasteiger partial charge is 0.497 e. The van der Waals surface area contributed by atoms with Gasteiger partial charge in [-0.3, -0.25) is 4.79 Å². The van der Waals surface area contributed by atoms with Crippen LogP contribution >= 0.6 is 0 Å². The van der Waals surface area contributed by atoms with Crippen LogP contribution in [-0.2, 0) is 6.54 Å². The lowest BCUT2D eigenvalue weighted by atomic mass is 10.2. The third-order valence-electron chi connectivity index (χ3n) is 4.00. The van der Waals surface area contributed by atoms with E-state index in [-0.39, 0.29) is 17.7 Å². The molecule has 150 valence electrons. The molecule has 0 aliphatic rings. The summed E-state index contributed by atoms with van der Waals surface area (Å²) in [5.41, 5.74) is 2.08. The lowest BCUT2D eigenvalue weighted by molar-refractivity contribution is 0.0945. The number of ether oxygens (including phenoxy) is 2. The number of carbonyl (C=O) groups excluding carboxylic acids is 1. The topological polar surface area (TPSA) is 85.4 Å². The van der Waals surface area contributed by atoms with Crippen molar-refractivity contribution in [1.82, 2.24) is 15.3 Å². The summed E-state index contributed by atoms with van der Waals surface area (Å²) in [6.45, 7) is 4.36. The van der Waals surface area contributed by atoms with Crippen molar-refractivity contribution in [2.24, 2.45) is 0 Å². The van der Waals surface area contributed by atoms with E-state index in [1.807, 2.05) is 62.4 Å². The summed E-state index contributed by atoms with van der Waals surface area (Å²) in [7, 11) is 1.62. The maximum Gasteiger partial charge on any atom is 0.271 e. The zero-order chi connectivity index (χ0) is 20.6. The average molecular weight is 392 g/mol. The molecule has 1 aromatic heterocycles. The van der Waals surface area contributed by atoms with Gasteiger partial charge in [-0.2, -0.15) is 0 Å². The molecule has 0 radical (unpaired) electrons. The monoisotopic (exact) mass is 392 g/mol. The van der Waals surface area contributed by atoms with Crippen molar-refractivity contribution in [1.29, 1.82) is 0 Å². The SMILES string of the molecule is COc1ccc(CNC(=O)c2cnc(Nc3ccc(OC(C)C)cc3)cn2)cc1. The molecule has 1 heterocycles. The standard InChI is InChI=1S/C22H24N4O3/c1-15(2)29-19-10-6-17(7-11-19)26-21-14-23-20(13-24-21)22(27)25-12-16-4-8-18(28-3)9-5-16/h4-11,13-15H,12H2,1-3H3,(H,24,26)(H,25,27). The van der Waals surface area contributed by atoms with Gasteiger partial charge in [0.2, 0.25) is 0 Å². The highest BCUT2D eigenvalue weighted by atomic mass is 16.5. The summed E-state index contributed by atoms with van der Waals surface area (Å²) in [5, 5.41) is 5.97. The molecule has 0 unspecified atom stereocenters. The molecule has 7 heteroatoms. The van der Waals surface area contributed by atoms with Crippen LogP contribution in [0.25, 0.3) is 0 Å². The second-order valence-electron chi connectivity index (χ2n) is 6.63. The van der Waals surface area contributed by atoms with E-state index in [0.717, 1.165) is 22.7 Å². The van der Waals surface area contributed by atoms with Crippen LogP contribution in [0.3, 0.4) is 0 Å². The van der Waals surface area contributed by atoms with Crippen LogP contribution in [0, 0.1) is 0 Å². The van der Waals surface area contributed by atoms with Crippen LogP contribution in [0.5, 0.6) is 11.5 Å². The Hall–Kier alpha value is -3.61. The molecule has 0 atom stereocenters. The second-order valence-corrected chi connectivity index (χ2v) is 6.63. The van der Waals surface area contributed by atoms with Crippen molar-refractivity contribution in [2.75, 3.05) is 12.4 Å². The Balaban J connectivity index is 1.54. The van der Waals surface area contributed by atoms with Crippen molar-refractivity contribution >= 4 is 17.4 Å². The molecule has 0 aliphatic carbocycles. The number of hydrogen-bond donors (Lipinski definition) is 2. The van der Waals surface area contributed by atoms with E-state index in [4.69, 9.17) is 9.47 Å². The fourth-order valence-electron chi connectivity index (χ4n) is 2.56. The van der Waals surface area contributed by atoms with Crippen LogP contribution in [0.15, 0.2) is 60.9 Å². The lowest BCUT2D eigenvalue weighted by Crippen LogP contribution is -2.24. The number of anilines is 2. The summed E-state index contributed by atoms with van der Waals surface area (Å²) in [6, 6.07) is 15.1. The fraction of sp³-hybridized carbons (Fsp3) is 0.227. The van der Waals surface area contributed by atoms with Crippen molar-refractivity contribution < 1.29 is 14.3 Å². The molecule has 0 bridgehead atoms. The predicted molar refractivity (Wildman–Crippen MR) is 112 cm³/mol. The molecule has 3 rings (SSSR count). The summed E-state index contributed by atoms with van der Waals surface area (Å²) >= 11 is 0. The van der Waals surface area contributed by atoms with Crippen molar-refractivity contribution in [3.8, 4) is 11.5 Å². The maximum absolute atomic E-state index is 12.3. The Kier molecular flexibility index (Phi) is 6.63. The van der Waals surface area contributed by atoms with Crippen LogP contribution in [-0.4, -0.2) is 29.1 Å². The van der Waals surface area contributed by atoms with Gasteiger partial charge in [0.15, 0.2) is 0 Å². The number of carbonyl (C=O) groups is 1. The molecule has 29 heavy (non-hydrogen) atoms. The number of methoxy groups -OCH3 is 1. The third-order valence-corrected chi connectivity index (χ3v) is 4.00. The highest BCUT2D eigenvalue weighted by Gasteiger charge is 2.08. The highest BCUT2D eigenvalue weighted by Crippen LogP contribution is 2.19. The first-order chi connectivity index (χ1) is 14.0. The third kappa shape index (κ3) is 5.93. The smallest absolute Gasteiger partial charge is 0.271 e. The number of amides is 1. The Morgan fingerprint density at radius 3 is 2.24 bits per heavy atom. The summed E-state index contributed by atoms with van der Waals surface area (Å²) in [6.07, 6.45) is 3.10. The Bertz CT molecular complexity index is 924. The molecule has 0 aliphatic heterocycles. The molecule has 0 saturated heterocycles.